The molecule has 1 saturated carbocycles. The predicted molar refractivity (Wildman–Crippen MR) is 84.3 cm³/mol. The predicted octanol–water partition coefficient (Wildman–Crippen LogP) is 2.36. The van der Waals surface area contributed by atoms with E-state index in [1.807, 2.05) is 0 Å². The van der Waals surface area contributed by atoms with Crippen molar-refractivity contribution in [3.63, 3.8) is 0 Å². The van der Waals surface area contributed by atoms with E-state index in [1.165, 1.54) is 6.07 Å². The SMILES string of the molecule is CC1(C)C[C@H]2C[C@](C)(CN2c2ccc(C(=O)[O-])cc2[N+](=O)[O-])C1. The fourth-order valence-electron chi connectivity index (χ4n) is 4.78. The summed E-state index contributed by atoms with van der Waals surface area (Å²) < 4.78 is 0. The maximum Gasteiger partial charge on any atom is 0.293 e. The lowest BCUT2D eigenvalue weighted by Gasteiger charge is -2.39. The molecule has 124 valence electrons. The number of hydrogen-bond acceptors (Lipinski definition) is 5. The Morgan fingerprint density at radius 1 is 1.30 bits per heavy atom. The number of nitro groups is 1. The average molecular weight is 317 g/mol. The van der Waals surface area contributed by atoms with E-state index in [0.717, 1.165) is 31.9 Å². The molecule has 0 spiro atoms. The van der Waals surface area contributed by atoms with Crippen molar-refractivity contribution in [3.05, 3.63) is 33.9 Å². The summed E-state index contributed by atoms with van der Waals surface area (Å²) in [7, 11) is 0. The number of carbonyl (C=O) groups is 1. The van der Waals surface area contributed by atoms with E-state index in [9.17, 15) is 20.0 Å². The lowest BCUT2D eigenvalue weighted by Crippen LogP contribution is -2.35. The summed E-state index contributed by atoms with van der Waals surface area (Å²) in [5.41, 5.74) is 0.570. The van der Waals surface area contributed by atoms with Gasteiger partial charge in [-0.15, -0.1) is 0 Å². The molecule has 1 heterocycles. The highest BCUT2D eigenvalue weighted by Gasteiger charge is 2.50. The van der Waals surface area contributed by atoms with Gasteiger partial charge >= 0.3 is 0 Å². The molecule has 2 atom stereocenters. The van der Waals surface area contributed by atoms with Gasteiger partial charge in [0.15, 0.2) is 0 Å². The summed E-state index contributed by atoms with van der Waals surface area (Å²) >= 11 is 0. The second kappa shape index (κ2) is 4.94. The van der Waals surface area contributed by atoms with E-state index >= 15 is 0 Å². The van der Waals surface area contributed by atoms with Crippen molar-refractivity contribution in [2.24, 2.45) is 10.8 Å². The zero-order chi connectivity index (χ0) is 17.0. The van der Waals surface area contributed by atoms with Gasteiger partial charge in [-0.1, -0.05) is 26.8 Å². The Labute approximate surface area is 135 Å². The van der Waals surface area contributed by atoms with Crippen LogP contribution in [-0.4, -0.2) is 23.5 Å². The molecule has 6 nitrogen and oxygen atoms in total. The van der Waals surface area contributed by atoms with Crippen LogP contribution in [0.25, 0.3) is 0 Å². The Balaban J connectivity index is 2.02. The van der Waals surface area contributed by atoms with Gasteiger partial charge in [0, 0.05) is 24.2 Å². The fraction of sp³-hybridized carbons (Fsp3) is 0.588. The van der Waals surface area contributed by atoms with E-state index in [4.69, 9.17) is 0 Å². The maximum absolute atomic E-state index is 11.4. The van der Waals surface area contributed by atoms with Crippen LogP contribution in [0.1, 0.15) is 50.4 Å². The molecule has 2 aliphatic rings. The molecule has 0 amide bonds. The van der Waals surface area contributed by atoms with E-state index in [2.05, 4.69) is 25.7 Å². The first kappa shape index (κ1) is 15.8. The van der Waals surface area contributed by atoms with Gasteiger partial charge in [0.2, 0.25) is 0 Å². The van der Waals surface area contributed by atoms with Crippen LogP contribution in [0.2, 0.25) is 0 Å². The number of benzene rings is 1. The number of nitro benzene ring substituents is 1. The first-order chi connectivity index (χ1) is 10.6. The first-order valence-electron chi connectivity index (χ1n) is 7.87. The van der Waals surface area contributed by atoms with E-state index in [-0.39, 0.29) is 28.1 Å². The van der Waals surface area contributed by atoms with Crippen molar-refractivity contribution >= 4 is 17.3 Å². The van der Waals surface area contributed by atoms with Crippen LogP contribution < -0.4 is 10.0 Å². The number of nitrogens with zero attached hydrogens (tertiary/aromatic N) is 2. The van der Waals surface area contributed by atoms with Gasteiger partial charge in [-0.2, -0.15) is 0 Å². The minimum atomic E-state index is -1.40. The molecule has 0 radical (unpaired) electrons. The third-order valence-electron chi connectivity index (χ3n) is 5.13. The molecule has 1 aromatic carbocycles. The molecule has 3 rings (SSSR count). The molecule has 1 saturated heterocycles. The summed E-state index contributed by atoms with van der Waals surface area (Å²) in [6, 6.07) is 4.32. The third-order valence-corrected chi connectivity index (χ3v) is 5.13. The van der Waals surface area contributed by atoms with Crippen molar-refractivity contribution < 1.29 is 14.8 Å². The second-order valence-corrected chi connectivity index (χ2v) is 8.09. The van der Waals surface area contributed by atoms with Crippen LogP contribution in [0.15, 0.2) is 18.2 Å². The van der Waals surface area contributed by atoms with Gasteiger partial charge in [-0.05, 0) is 36.2 Å². The summed E-state index contributed by atoms with van der Waals surface area (Å²) in [5, 5.41) is 22.4. The van der Waals surface area contributed by atoms with Crippen LogP contribution in [0.4, 0.5) is 11.4 Å². The Morgan fingerprint density at radius 2 is 2.00 bits per heavy atom. The van der Waals surface area contributed by atoms with Crippen LogP contribution >= 0.6 is 0 Å². The molecule has 2 bridgehead atoms. The van der Waals surface area contributed by atoms with Crippen molar-refractivity contribution in [1.82, 2.24) is 0 Å². The van der Waals surface area contributed by atoms with Crippen molar-refractivity contribution in [2.45, 2.75) is 46.1 Å². The normalized spacial score (nSPS) is 28.7. The first-order valence-corrected chi connectivity index (χ1v) is 7.87. The monoisotopic (exact) mass is 317 g/mol. The molecule has 1 aliphatic heterocycles. The van der Waals surface area contributed by atoms with Gasteiger partial charge in [-0.3, -0.25) is 10.1 Å². The van der Waals surface area contributed by atoms with Gasteiger partial charge in [0.25, 0.3) is 5.69 Å². The smallest absolute Gasteiger partial charge is 0.293 e. The summed E-state index contributed by atoms with van der Waals surface area (Å²) in [5.74, 6) is -1.40. The van der Waals surface area contributed by atoms with Crippen LogP contribution in [-0.2, 0) is 0 Å². The zero-order valence-corrected chi connectivity index (χ0v) is 13.7. The Bertz CT molecular complexity index is 685. The lowest BCUT2D eigenvalue weighted by molar-refractivity contribution is -0.384. The van der Waals surface area contributed by atoms with E-state index < -0.39 is 10.9 Å². The molecule has 6 heteroatoms. The number of anilines is 1. The average Bonchev–Trinajstić information content (AvgIpc) is 2.67. The summed E-state index contributed by atoms with van der Waals surface area (Å²) in [6.07, 6.45) is 3.11. The van der Waals surface area contributed by atoms with Crippen molar-refractivity contribution in [2.75, 3.05) is 11.4 Å². The van der Waals surface area contributed by atoms with Gasteiger partial charge in [-0.25, -0.2) is 0 Å². The van der Waals surface area contributed by atoms with Crippen LogP contribution in [0, 0.1) is 20.9 Å². The molecule has 0 N–H and O–H groups in total. The number of aromatic carboxylic acids is 1. The van der Waals surface area contributed by atoms with Crippen molar-refractivity contribution in [3.8, 4) is 0 Å². The second-order valence-electron chi connectivity index (χ2n) is 8.09. The van der Waals surface area contributed by atoms with Crippen molar-refractivity contribution in [1.29, 1.82) is 0 Å². The summed E-state index contributed by atoms with van der Waals surface area (Å²) in [4.78, 5) is 24.0. The Hall–Kier alpha value is -2.11. The number of rotatable bonds is 3. The quantitative estimate of drug-likeness (QED) is 0.631. The lowest BCUT2D eigenvalue weighted by atomic mass is 9.65. The minimum Gasteiger partial charge on any atom is -0.545 e. The summed E-state index contributed by atoms with van der Waals surface area (Å²) in [6.45, 7) is 7.50. The Kier molecular flexibility index (Phi) is 3.39. The fourth-order valence-corrected chi connectivity index (χ4v) is 4.78. The van der Waals surface area contributed by atoms with E-state index in [0.29, 0.717) is 5.69 Å². The van der Waals surface area contributed by atoms with Crippen LogP contribution in [0.3, 0.4) is 0 Å². The molecule has 23 heavy (non-hydrogen) atoms. The highest BCUT2D eigenvalue weighted by Crippen LogP contribution is 2.54. The molecule has 2 fully saturated rings. The molecule has 1 aromatic rings. The minimum absolute atomic E-state index is 0.146. The number of carbonyl (C=O) groups excluding carboxylic acids is 1. The number of carboxylic acid groups (broad SMARTS) is 1. The maximum atomic E-state index is 11.4. The molecule has 0 unspecified atom stereocenters. The highest BCUT2D eigenvalue weighted by atomic mass is 16.6. The van der Waals surface area contributed by atoms with E-state index in [1.54, 1.807) is 6.07 Å². The molecular weight excluding hydrogens is 296 g/mol. The molecule has 1 aliphatic carbocycles. The Morgan fingerprint density at radius 3 is 2.61 bits per heavy atom. The number of fused-ring (bicyclic) bond motifs is 2. The topological polar surface area (TPSA) is 86.5 Å². The largest absolute Gasteiger partial charge is 0.545 e. The number of hydrogen-bond donors (Lipinski definition) is 0. The third kappa shape index (κ3) is 2.78. The number of carboxylic acids is 1. The highest BCUT2D eigenvalue weighted by molar-refractivity contribution is 5.88. The van der Waals surface area contributed by atoms with Crippen LogP contribution in [0.5, 0.6) is 0 Å². The van der Waals surface area contributed by atoms with Gasteiger partial charge in [0.05, 0.1) is 10.9 Å². The standard InChI is InChI=1S/C17H22N2O4/c1-16(2)7-12-8-17(3,9-16)10-18(12)13-5-4-11(15(20)21)6-14(13)19(22)23/h4-6,12H,7-10H2,1-3H3,(H,20,21)/p-1/t12-,17-/m0/s1. The van der Waals surface area contributed by atoms with Gasteiger partial charge < -0.3 is 14.8 Å². The molecular formula is C17H21N2O4-. The van der Waals surface area contributed by atoms with Gasteiger partial charge in [0.1, 0.15) is 5.69 Å². The zero-order valence-electron chi connectivity index (χ0n) is 13.7. The molecule has 0 aromatic heterocycles.